The fourth-order valence-electron chi connectivity index (χ4n) is 5.74. The van der Waals surface area contributed by atoms with Gasteiger partial charge in [0.2, 0.25) is 0 Å². The number of unbranched alkanes of at least 4 members (excludes halogenated alkanes) is 3. The fourth-order valence-corrected chi connectivity index (χ4v) is 5.74. The molecule has 182 valence electrons. The molecule has 0 aliphatic heterocycles. The van der Waals surface area contributed by atoms with Crippen LogP contribution in [0.3, 0.4) is 0 Å². The molecule has 2 nitrogen and oxygen atoms in total. The van der Waals surface area contributed by atoms with Crippen LogP contribution in [0.25, 0.3) is 0 Å². The van der Waals surface area contributed by atoms with Gasteiger partial charge >= 0.3 is 0 Å². The highest BCUT2D eigenvalue weighted by atomic mass is 16.5. The molecular weight excluding hydrogens is 440 g/mol. The number of rotatable bonds is 10. The Morgan fingerprint density at radius 1 is 0.750 bits per heavy atom. The summed E-state index contributed by atoms with van der Waals surface area (Å²) >= 11 is 0. The van der Waals surface area contributed by atoms with Crippen molar-refractivity contribution in [3.05, 3.63) is 137 Å². The highest BCUT2D eigenvalue weighted by Gasteiger charge is 2.48. The van der Waals surface area contributed by atoms with Gasteiger partial charge < -0.3 is 4.74 Å². The lowest BCUT2D eigenvalue weighted by atomic mass is 9.69. The summed E-state index contributed by atoms with van der Waals surface area (Å²) in [5, 5.41) is 0. The Morgan fingerprint density at radius 3 is 2.00 bits per heavy atom. The first kappa shape index (κ1) is 24.1. The monoisotopic (exact) mass is 474 g/mol. The zero-order valence-electron chi connectivity index (χ0n) is 21.0. The van der Waals surface area contributed by atoms with Crippen LogP contribution < -0.4 is 4.74 Å². The Hall–Kier alpha value is -3.65. The topological polar surface area (TPSA) is 26.3 Å². The first-order valence-electron chi connectivity index (χ1n) is 13.2. The molecule has 0 radical (unpaired) electrons. The van der Waals surface area contributed by atoms with Gasteiger partial charge in [0, 0.05) is 16.9 Å². The second kappa shape index (κ2) is 11.0. The lowest BCUT2D eigenvalue weighted by Crippen LogP contribution is -2.27. The highest BCUT2D eigenvalue weighted by Crippen LogP contribution is 2.54. The summed E-state index contributed by atoms with van der Waals surface area (Å²) in [4.78, 5) is 14.0. The van der Waals surface area contributed by atoms with Crippen LogP contribution in [-0.4, -0.2) is 12.4 Å². The summed E-state index contributed by atoms with van der Waals surface area (Å²) in [7, 11) is 0. The zero-order valence-corrected chi connectivity index (χ0v) is 21.0. The summed E-state index contributed by atoms with van der Waals surface area (Å²) in [6, 6.07) is 37.5. The van der Waals surface area contributed by atoms with E-state index in [0.717, 1.165) is 36.3 Å². The van der Waals surface area contributed by atoms with Crippen molar-refractivity contribution in [3.8, 4) is 5.75 Å². The van der Waals surface area contributed by atoms with E-state index in [2.05, 4.69) is 91.9 Å². The minimum Gasteiger partial charge on any atom is -0.494 e. The molecular formula is C34H34O2. The van der Waals surface area contributed by atoms with Gasteiger partial charge in [-0.1, -0.05) is 111 Å². The van der Waals surface area contributed by atoms with Crippen molar-refractivity contribution in [1.82, 2.24) is 0 Å². The number of carbonyl (C=O) groups excluding carboxylic acids is 1. The third-order valence-electron chi connectivity index (χ3n) is 7.56. The van der Waals surface area contributed by atoms with Crippen molar-refractivity contribution < 1.29 is 9.53 Å². The molecule has 0 bridgehead atoms. The highest BCUT2D eigenvalue weighted by molar-refractivity contribution is 6.02. The van der Waals surface area contributed by atoms with Crippen LogP contribution in [0.1, 0.15) is 77.6 Å². The third kappa shape index (κ3) is 4.60. The molecule has 0 heterocycles. The Labute approximate surface area is 215 Å². The van der Waals surface area contributed by atoms with Crippen LogP contribution in [-0.2, 0) is 5.41 Å². The molecule has 1 aliphatic rings. The Kier molecular flexibility index (Phi) is 7.32. The van der Waals surface area contributed by atoms with Crippen LogP contribution in [0.5, 0.6) is 5.75 Å². The van der Waals surface area contributed by atoms with Gasteiger partial charge in [-0.05, 0) is 59.4 Å². The van der Waals surface area contributed by atoms with Gasteiger partial charge in [0.1, 0.15) is 5.75 Å². The van der Waals surface area contributed by atoms with Crippen LogP contribution >= 0.6 is 0 Å². The van der Waals surface area contributed by atoms with Gasteiger partial charge in [-0.25, -0.2) is 0 Å². The molecule has 1 unspecified atom stereocenters. The number of ketones is 1. The molecule has 1 aliphatic carbocycles. The number of ether oxygens (including phenoxy) is 1. The molecule has 4 aromatic rings. The fraction of sp³-hybridized carbons (Fsp3) is 0.265. The second-order valence-electron chi connectivity index (χ2n) is 9.78. The second-order valence-corrected chi connectivity index (χ2v) is 9.78. The average Bonchev–Trinajstić information content (AvgIpc) is 3.30. The molecule has 0 spiro atoms. The van der Waals surface area contributed by atoms with E-state index < -0.39 is 0 Å². The molecule has 5 rings (SSSR count). The van der Waals surface area contributed by atoms with Crippen molar-refractivity contribution in [1.29, 1.82) is 0 Å². The number of fused-ring (bicyclic) bond motifs is 1. The Morgan fingerprint density at radius 2 is 1.36 bits per heavy atom. The van der Waals surface area contributed by atoms with E-state index in [9.17, 15) is 4.79 Å². The van der Waals surface area contributed by atoms with Gasteiger partial charge in [0.15, 0.2) is 5.78 Å². The predicted octanol–water partition coefficient (Wildman–Crippen LogP) is 8.35. The van der Waals surface area contributed by atoms with E-state index in [-0.39, 0.29) is 17.1 Å². The minimum absolute atomic E-state index is 0.172. The van der Waals surface area contributed by atoms with Crippen molar-refractivity contribution in [2.75, 3.05) is 6.61 Å². The molecule has 0 N–H and O–H groups in total. The van der Waals surface area contributed by atoms with Crippen LogP contribution in [0, 0.1) is 0 Å². The van der Waals surface area contributed by atoms with Crippen molar-refractivity contribution >= 4 is 5.78 Å². The minimum atomic E-state index is -0.360. The Bertz CT molecular complexity index is 1240. The van der Waals surface area contributed by atoms with Crippen molar-refractivity contribution in [3.63, 3.8) is 0 Å². The normalized spacial score (nSPS) is 15.9. The molecule has 0 saturated heterocycles. The number of benzene rings is 4. The van der Waals surface area contributed by atoms with Gasteiger partial charge in [-0.15, -0.1) is 0 Å². The van der Waals surface area contributed by atoms with Crippen LogP contribution in [0.2, 0.25) is 0 Å². The summed E-state index contributed by atoms with van der Waals surface area (Å²) in [5.74, 6) is 0.797. The third-order valence-corrected chi connectivity index (χ3v) is 7.56. The summed E-state index contributed by atoms with van der Waals surface area (Å²) < 4.78 is 5.91. The van der Waals surface area contributed by atoms with Crippen molar-refractivity contribution in [2.24, 2.45) is 0 Å². The lowest BCUT2D eigenvalue weighted by molar-refractivity contribution is 0.0955. The maximum Gasteiger partial charge on any atom is 0.170 e. The number of Topliss-reactive ketones (excluding diaryl/α,β-unsaturated/α-hetero) is 1. The molecule has 1 atom stereocenters. The van der Waals surface area contributed by atoms with Crippen LogP contribution in [0.4, 0.5) is 0 Å². The molecule has 0 aromatic heterocycles. The standard InChI is InChI=1S/C34H34O2/c1-2-3-4-13-24-36-29-22-20-26(21-23-29)33(35)31-25-34(27-14-7-5-8-15-27,28-16-9-6-10-17-28)32-19-12-11-18-30(31)32/h5-12,14-23,31H,2-4,13,24-25H2,1H3. The molecule has 36 heavy (non-hydrogen) atoms. The summed E-state index contributed by atoms with van der Waals surface area (Å²) in [6.45, 7) is 2.93. The molecule has 4 aromatic carbocycles. The van der Waals surface area contributed by atoms with Gasteiger partial charge in [0.05, 0.1) is 6.61 Å². The van der Waals surface area contributed by atoms with E-state index in [1.54, 1.807) is 0 Å². The molecule has 0 saturated carbocycles. The number of carbonyl (C=O) groups is 1. The molecule has 0 amide bonds. The van der Waals surface area contributed by atoms with Crippen molar-refractivity contribution in [2.45, 2.75) is 50.4 Å². The zero-order chi connectivity index (χ0) is 24.8. The van der Waals surface area contributed by atoms with Crippen LogP contribution in [0.15, 0.2) is 109 Å². The lowest BCUT2D eigenvalue weighted by Gasteiger charge is -2.32. The summed E-state index contributed by atoms with van der Waals surface area (Å²) in [6.07, 6.45) is 5.44. The van der Waals surface area contributed by atoms with E-state index in [0.29, 0.717) is 0 Å². The Balaban J connectivity index is 1.46. The average molecular weight is 475 g/mol. The molecule has 0 fully saturated rings. The van der Waals surface area contributed by atoms with E-state index in [1.807, 2.05) is 24.3 Å². The van der Waals surface area contributed by atoms with Gasteiger partial charge in [-0.3, -0.25) is 4.79 Å². The predicted molar refractivity (Wildman–Crippen MR) is 147 cm³/mol. The molecule has 2 heteroatoms. The van der Waals surface area contributed by atoms with E-state index in [4.69, 9.17) is 4.74 Å². The summed E-state index contributed by atoms with van der Waals surface area (Å²) in [5.41, 5.74) is 5.20. The number of hydrogen-bond acceptors (Lipinski definition) is 2. The van der Waals surface area contributed by atoms with E-state index >= 15 is 0 Å². The largest absolute Gasteiger partial charge is 0.494 e. The maximum absolute atomic E-state index is 14.0. The smallest absolute Gasteiger partial charge is 0.170 e. The maximum atomic E-state index is 14.0. The first-order valence-corrected chi connectivity index (χ1v) is 13.2. The van der Waals surface area contributed by atoms with E-state index in [1.165, 1.54) is 36.0 Å². The number of hydrogen-bond donors (Lipinski definition) is 0. The van der Waals surface area contributed by atoms with Gasteiger partial charge in [-0.2, -0.15) is 0 Å². The quantitative estimate of drug-likeness (QED) is 0.170. The first-order chi connectivity index (χ1) is 17.7. The SMILES string of the molecule is CCCCCCOc1ccc(C(=O)C2CC(c3ccccc3)(c3ccccc3)c3ccccc32)cc1. The van der Waals surface area contributed by atoms with Gasteiger partial charge in [0.25, 0.3) is 0 Å².